The lowest BCUT2D eigenvalue weighted by Crippen LogP contribution is -2.46. The van der Waals surface area contributed by atoms with Crippen LogP contribution in [0.3, 0.4) is 0 Å². The topological polar surface area (TPSA) is 354 Å². The molecule has 0 aliphatic heterocycles. The number of unbranched alkanes of at least 4 members (excludes halogenated alkanes) is 1. The van der Waals surface area contributed by atoms with Gasteiger partial charge in [-0.1, -0.05) is 12.1 Å². The number of amides is 7. The summed E-state index contributed by atoms with van der Waals surface area (Å²) in [6.45, 7) is -1.84. The fourth-order valence-electron chi connectivity index (χ4n) is 4.28. The fourth-order valence-corrected chi connectivity index (χ4v) is 4.28. The number of nitro groups is 2. The Morgan fingerprint density at radius 2 is 1.17 bits per heavy atom. The molecule has 0 fully saturated rings. The highest BCUT2D eigenvalue weighted by atomic mass is 16.6. The van der Waals surface area contributed by atoms with Gasteiger partial charge in [-0.05, 0) is 37.5 Å². The first kappa shape index (κ1) is 43.3. The second-order valence-corrected chi connectivity index (χ2v) is 11.3. The molecule has 0 unspecified atom stereocenters. The summed E-state index contributed by atoms with van der Waals surface area (Å²) in [5, 5.41) is 41.4. The van der Waals surface area contributed by atoms with Crippen molar-refractivity contribution in [2.75, 3.05) is 63.4 Å². The molecule has 12 N–H and O–H groups in total. The Morgan fingerprint density at radius 3 is 1.70 bits per heavy atom. The van der Waals surface area contributed by atoms with Crippen LogP contribution in [0.1, 0.15) is 29.6 Å². The van der Waals surface area contributed by atoms with Gasteiger partial charge in [-0.2, -0.15) is 0 Å². The van der Waals surface area contributed by atoms with Crippen LogP contribution < -0.4 is 54.0 Å². The van der Waals surface area contributed by atoms with Crippen molar-refractivity contribution in [3.63, 3.8) is 0 Å². The Morgan fingerprint density at radius 1 is 0.630 bits per heavy atom. The first-order valence-electron chi connectivity index (χ1n) is 16.3. The van der Waals surface area contributed by atoms with Gasteiger partial charge in [-0.15, -0.1) is 0 Å². The highest BCUT2D eigenvalue weighted by Gasteiger charge is 2.20. The van der Waals surface area contributed by atoms with Crippen LogP contribution in [0.4, 0.5) is 22.7 Å². The maximum Gasteiger partial charge on any atom is 0.299 e. The predicted molar refractivity (Wildman–Crippen MR) is 191 cm³/mol. The minimum Gasteiger partial charge on any atom is -0.398 e. The molecule has 0 aliphatic rings. The number of non-ortho nitro benzene ring substituents is 1. The molecule has 23 heteroatoms. The normalized spacial score (nSPS) is 10.8. The maximum atomic E-state index is 12.2. The number of para-hydroxylation sites is 1. The summed E-state index contributed by atoms with van der Waals surface area (Å²) in [5.74, 6) is -4.28. The zero-order valence-electron chi connectivity index (χ0n) is 28.9. The van der Waals surface area contributed by atoms with Gasteiger partial charge in [0, 0.05) is 31.4 Å². The third-order valence-electron chi connectivity index (χ3n) is 7.13. The van der Waals surface area contributed by atoms with E-state index in [-0.39, 0.29) is 43.1 Å². The summed E-state index contributed by atoms with van der Waals surface area (Å²) < 4.78 is 0. The van der Waals surface area contributed by atoms with Gasteiger partial charge < -0.3 is 54.0 Å². The third-order valence-corrected chi connectivity index (χ3v) is 7.13. The number of benzene rings is 2. The minimum atomic E-state index is -0.856. The number of anilines is 2. The molecule has 0 saturated carbocycles. The highest BCUT2D eigenvalue weighted by molar-refractivity contribution is 6.01. The lowest BCUT2D eigenvalue weighted by Gasteiger charge is -2.13. The van der Waals surface area contributed by atoms with Crippen LogP contribution in [-0.2, 0) is 28.8 Å². The average Bonchev–Trinajstić information content (AvgIpc) is 3.14. The summed E-state index contributed by atoms with van der Waals surface area (Å²) in [5.41, 5.74) is 11.2. The van der Waals surface area contributed by atoms with Gasteiger partial charge in [0.05, 0.1) is 60.2 Å². The molecule has 2 aromatic rings. The molecule has 0 bridgehead atoms. The summed E-state index contributed by atoms with van der Waals surface area (Å²) in [6.07, 6.45) is 1.24. The number of carbonyl (C=O) groups is 7. The largest absolute Gasteiger partial charge is 0.398 e. The molecule has 2 rings (SSSR count). The van der Waals surface area contributed by atoms with E-state index >= 15 is 0 Å². The van der Waals surface area contributed by atoms with E-state index < -0.39 is 94.8 Å². The number of nitro benzene ring substituents is 2. The van der Waals surface area contributed by atoms with Crippen molar-refractivity contribution in [1.29, 1.82) is 0 Å². The molecule has 0 heterocycles. The molecule has 0 aromatic heterocycles. The number of hydrogen-bond donors (Lipinski definition) is 10. The van der Waals surface area contributed by atoms with Crippen LogP contribution in [0.25, 0.3) is 0 Å². The van der Waals surface area contributed by atoms with Crippen LogP contribution in [0.2, 0.25) is 0 Å². The lowest BCUT2D eigenvalue weighted by atomic mass is 10.1. The average molecular weight is 759 g/mol. The Balaban J connectivity index is 1.49. The van der Waals surface area contributed by atoms with Crippen molar-refractivity contribution >= 4 is 64.1 Å². The molecule has 0 aliphatic carbocycles. The van der Waals surface area contributed by atoms with E-state index in [2.05, 4.69) is 42.5 Å². The summed E-state index contributed by atoms with van der Waals surface area (Å²) in [6, 6.07) is 8.57. The van der Waals surface area contributed by atoms with E-state index in [1.165, 1.54) is 18.2 Å². The first-order chi connectivity index (χ1) is 25.7. The second-order valence-electron chi connectivity index (χ2n) is 11.3. The highest BCUT2D eigenvalue weighted by Crippen LogP contribution is 2.28. The first-order valence-corrected chi connectivity index (χ1v) is 16.3. The van der Waals surface area contributed by atoms with E-state index in [1.54, 1.807) is 12.1 Å². The van der Waals surface area contributed by atoms with Crippen LogP contribution in [-0.4, -0.2) is 110 Å². The smallest absolute Gasteiger partial charge is 0.299 e. The standard InChI is InChI=1S/C31H42N12O11/c32-21-6-2-1-5-20(21)30(49)41-18-29(48)40-17-28(47)39-16-27(46)38-15-26(45)37-14-25(44)35-10-4-3-7-22(33)31(50)36-12-11-34-23-9-8-19(42(51)52)13-24(23)43(53)54/h1-2,5-6,8-9,13,22,34H,3-4,7,10-12,14-18,32-33H2,(H,35,44)(H,36,50)(H,37,45)(H,38,46)(H,39,47)(H,40,48)(H,41,49)/t22-/m0/s1. The molecular formula is C31H42N12O11. The zero-order chi connectivity index (χ0) is 40.0. The molecule has 0 spiro atoms. The van der Waals surface area contributed by atoms with E-state index in [0.717, 1.165) is 12.1 Å². The van der Waals surface area contributed by atoms with Crippen LogP contribution >= 0.6 is 0 Å². The monoisotopic (exact) mass is 758 g/mol. The van der Waals surface area contributed by atoms with Crippen LogP contribution in [0.5, 0.6) is 0 Å². The number of carbonyl (C=O) groups excluding carboxylic acids is 7. The van der Waals surface area contributed by atoms with E-state index in [0.29, 0.717) is 19.3 Å². The van der Waals surface area contributed by atoms with Gasteiger partial charge in [0.2, 0.25) is 35.4 Å². The van der Waals surface area contributed by atoms with Gasteiger partial charge in [-0.25, -0.2) is 0 Å². The van der Waals surface area contributed by atoms with Gasteiger partial charge in [0.25, 0.3) is 17.3 Å². The predicted octanol–water partition coefficient (Wildman–Crippen LogP) is -2.88. The summed E-state index contributed by atoms with van der Waals surface area (Å²) >= 11 is 0. The van der Waals surface area contributed by atoms with Gasteiger partial charge >= 0.3 is 0 Å². The third kappa shape index (κ3) is 16.4. The summed E-state index contributed by atoms with van der Waals surface area (Å²) in [7, 11) is 0. The Bertz CT molecular complexity index is 1710. The molecule has 0 radical (unpaired) electrons. The van der Waals surface area contributed by atoms with E-state index in [4.69, 9.17) is 11.5 Å². The van der Waals surface area contributed by atoms with Crippen molar-refractivity contribution in [2.45, 2.75) is 25.3 Å². The van der Waals surface area contributed by atoms with Crippen LogP contribution in [0, 0.1) is 20.2 Å². The van der Waals surface area contributed by atoms with Gasteiger partial charge in [-0.3, -0.25) is 53.8 Å². The number of nitrogens with zero attached hydrogens (tertiary/aromatic N) is 2. The van der Waals surface area contributed by atoms with Crippen LogP contribution in [0.15, 0.2) is 42.5 Å². The number of rotatable bonds is 23. The molecule has 54 heavy (non-hydrogen) atoms. The number of nitrogens with two attached hydrogens (primary N) is 2. The molecule has 23 nitrogen and oxygen atoms in total. The maximum absolute atomic E-state index is 12.2. The summed E-state index contributed by atoms with van der Waals surface area (Å²) in [4.78, 5) is 105. The molecule has 2 aromatic carbocycles. The quantitative estimate of drug-likeness (QED) is 0.0236. The molecule has 0 saturated heterocycles. The molecule has 1 atom stereocenters. The van der Waals surface area contributed by atoms with E-state index in [9.17, 15) is 53.8 Å². The fraction of sp³-hybridized carbons (Fsp3) is 0.387. The zero-order valence-corrected chi connectivity index (χ0v) is 28.9. The minimum absolute atomic E-state index is 0.0511. The number of nitrogens with one attached hydrogen (secondary N) is 8. The van der Waals surface area contributed by atoms with Crippen molar-refractivity contribution < 1.29 is 43.4 Å². The molecule has 7 amide bonds. The van der Waals surface area contributed by atoms with E-state index in [1.807, 2.05) is 0 Å². The lowest BCUT2D eigenvalue weighted by molar-refractivity contribution is -0.393. The molecule has 292 valence electrons. The SMILES string of the molecule is Nc1ccccc1C(=O)NCC(=O)NCC(=O)NCC(=O)NCC(=O)NCC(=O)NCCCC[C@H](N)C(=O)NCCNc1ccc([N+](=O)[O-])cc1[N+](=O)[O-]. The Labute approximate surface area is 307 Å². The van der Waals surface area contributed by atoms with Crippen molar-refractivity contribution in [3.8, 4) is 0 Å². The van der Waals surface area contributed by atoms with Crippen molar-refractivity contribution in [2.24, 2.45) is 5.73 Å². The Hall–Kier alpha value is -6.91. The van der Waals surface area contributed by atoms with Crippen molar-refractivity contribution in [1.82, 2.24) is 37.2 Å². The van der Waals surface area contributed by atoms with Gasteiger partial charge in [0.1, 0.15) is 5.69 Å². The Kier molecular flexibility index (Phi) is 18.3. The number of nitrogen functional groups attached to an aromatic ring is 1. The second kappa shape index (κ2) is 22.8. The van der Waals surface area contributed by atoms with Gasteiger partial charge in [0.15, 0.2) is 0 Å². The van der Waals surface area contributed by atoms with Crippen molar-refractivity contribution in [3.05, 3.63) is 68.3 Å². The number of hydrogen-bond acceptors (Lipinski definition) is 14. The molecular weight excluding hydrogens is 716 g/mol.